The number of aryl methyl sites for hydroxylation is 1. The molecule has 0 bridgehead atoms. The van der Waals surface area contributed by atoms with Crippen molar-refractivity contribution in [1.82, 2.24) is 0 Å². The van der Waals surface area contributed by atoms with Crippen molar-refractivity contribution in [3.05, 3.63) is 21.9 Å². The Kier molecular flexibility index (Phi) is 2.91. The number of ketones is 1. The van der Waals surface area contributed by atoms with Crippen LogP contribution in [0.3, 0.4) is 0 Å². The van der Waals surface area contributed by atoms with Gasteiger partial charge in [0.25, 0.3) is 0 Å². The molecule has 72 valence electrons. The van der Waals surface area contributed by atoms with E-state index in [1.807, 2.05) is 32.9 Å². The van der Waals surface area contributed by atoms with Crippen LogP contribution in [0.1, 0.15) is 42.2 Å². The van der Waals surface area contributed by atoms with Crippen molar-refractivity contribution in [2.45, 2.75) is 34.1 Å². The first-order chi connectivity index (χ1) is 5.95. The summed E-state index contributed by atoms with van der Waals surface area (Å²) in [5, 5.41) is 0. The lowest BCUT2D eigenvalue weighted by molar-refractivity contribution is 0.0863. The summed E-state index contributed by atoms with van der Waals surface area (Å²) < 4.78 is 0. The van der Waals surface area contributed by atoms with E-state index in [4.69, 9.17) is 0 Å². The van der Waals surface area contributed by atoms with Crippen molar-refractivity contribution in [3.8, 4) is 0 Å². The number of thiophene rings is 1. The Labute approximate surface area is 83.8 Å². The molecule has 1 nitrogen and oxygen atoms in total. The van der Waals surface area contributed by atoms with E-state index in [2.05, 4.69) is 6.92 Å². The molecule has 0 radical (unpaired) electrons. The number of Topliss-reactive ketones (excluding diaryl/α,β-unsaturated/α-hetero) is 1. The first-order valence-electron chi connectivity index (χ1n) is 4.58. The number of hydrogen-bond donors (Lipinski definition) is 0. The third kappa shape index (κ3) is 2.41. The van der Waals surface area contributed by atoms with Crippen molar-refractivity contribution in [1.29, 1.82) is 0 Å². The maximum Gasteiger partial charge on any atom is 0.178 e. The first-order valence-corrected chi connectivity index (χ1v) is 5.40. The van der Waals surface area contributed by atoms with Crippen molar-refractivity contribution in [3.63, 3.8) is 0 Å². The van der Waals surface area contributed by atoms with Crippen molar-refractivity contribution in [2.24, 2.45) is 5.41 Å². The number of carbonyl (C=O) groups is 1. The third-order valence-electron chi connectivity index (χ3n) is 1.92. The molecule has 2 heteroatoms. The maximum atomic E-state index is 11.8. The fourth-order valence-corrected chi connectivity index (χ4v) is 2.16. The zero-order chi connectivity index (χ0) is 10.1. The molecule has 0 spiro atoms. The molecule has 0 unspecified atom stereocenters. The van der Waals surface area contributed by atoms with Crippen LogP contribution in [-0.4, -0.2) is 5.78 Å². The van der Waals surface area contributed by atoms with Crippen LogP contribution in [0, 0.1) is 5.41 Å². The average Bonchev–Trinajstić information content (AvgIpc) is 2.48. The largest absolute Gasteiger partial charge is 0.293 e. The Morgan fingerprint density at radius 3 is 2.38 bits per heavy atom. The second kappa shape index (κ2) is 3.62. The molecule has 0 aromatic carbocycles. The summed E-state index contributed by atoms with van der Waals surface area (Å²) in [5.41, 5.74) is -0.254. The van der Waals surface area contributed by atoms with Gasteiger partial charge in [0.2, 0.25) is 0 Å². The van der Waals surface area contributed by atoms with Crippen LogP contribution in [-0.2, 0) is 6.42 Å². The lowest BCUT2D eigenvalue weighted by Crippen LogP contribution is -2.18. The normalized spacial score (nSPS) is 11.7. The molecular weight excluding hydrogens is 180 g/mol. The third-order valence-corrected chi connectivity index (χ3v) is 3.14. The second-order valence-corrected chi connectivity index (χ2v) is 5.37. The Bertz CT molecular complexity index is 304. The Morgan fingerprint density at radius 1 is 1.38 bits per heavy atom. The van der Waals surface area contributed by atoms with E-state index in [1.165, 1.54) is 4.88 Å². The zero-order valence-corrected chi connectivity index (χ0v) is 9.49. The highest BCUT2D eigenvalue weighted by Gasteiger charge is 2.23. The topological polar surface area (TPSA) is 17.1 Å². The minimum Gasteiger partial charge on any atom is -0.293 e. The van der Waals surface area contributed by atoms with Gasteiger partial charge in [-0.2, -0.15) is 0 Å². The van der Waals surface area contributed by atoms with E-state index in [-0.39, 0.29) is 11.2 Å². The van der Waals surface area contributed by atoms with Gasteiger partial charge in [-0.05, 0) is 18.6 Å². The molecule has 0 aliphatic heterocycles. The summed E-state index contributed by atoms with van der Waals surface area (Å²) >= 11 is 1.62. The molecule has 0 aliphatic carbocycles. The average molecular weight is 196 g/mol. The van der Waals surface area contributed by atoms with Gasteiger partial charge in [-0.25, -0.2) is 0 Å². The van der Waals surface area contributed by atoms with E-state index in [1.54, 1.807) is 11.3 Å². The van der Waals surface area contributed by atoms with Crippen LogP contribution in [0.25, 0.3) is 0 Å². The second-order valence-electron chi connectivity index (χ2n) is 4.20. The summed E-state index contributed by atoms with van der Waals surface area (Å²) in [6.07, 6.45) is 1.02. The quantitative estimate of drug-likeness (QED) is 0.661. The summed E-state index contributed by atoms with van der Waals surface area (Å²) in [4.78, 5) is 14.0. The van der Waals surface area contributed by atoms with Crippen LogP contribution in [0.15, 0.2) is 12.1 Å². The van der Waals surface area contributed by atoms with Crippen LogP contribution in [0.2, 0.25) is 0 Å². The minimum absolute atomic E-state index is 0.247. The minimum atomic E-state index is -0.254. The fraction of sp³-hybridized carbons (Fsp3) is 0.545. The van der Waals surface area contributed by atoms with E-state index < -0.39 is 0 Å². The highest BCUT2D eigenvalue weighted by atomic mass is 32.1. The summed E-state index contributed by atoms with van der Waals surface area (Å²) in [6.45, 7) is 7.99. The molecule has 0 aliphatic rings. The highest BCUT2D eigenvalue weighted by Crippen LogP contribution is 2.26. The van der Waals surface area contributed by atoms with Gasteiger partial charge in [-0.3, -0.25) is 4.79 Å². The summed E-state index contributed by atoms with van der Waals surface area (Å²) in [5.74, 6) is 0.247. The van der Waals surface area contributed by atoms with Crippen LogP contribution < -0.4 is 0 Å². The molecular formula is C11H16OS. The van der Waals surface area contributed by atoms with Gasteiger partial charge in [0.1, 0.15) is 0 Å². The fourth-order valence-electron chi connectivity index (χ4n) is 1.06. The van der Waals surface area contributed by atoms with Gasteiger partial charge >= 0.3 is 0 Å². The van der Waals surface area contributed by atoms with Gasteiger partial charge in [0, 0.05) is 10.3 Å². The Balaban J connectivity index is 2.90. The van der Waals surface area contributed by atoms with Crippen LogP contribution in [0.5, 0.6) is 0 Å². The van der Waals surface area contributed by atoms with Gasteiger partial charge < -0.3 is 0 Å². The number of hydrogen-bond acceptors (Lipinski definition) is 2. The molecule has 1 heterocycles. The van der Waals surface area contributed by atoms with Gasteiger partial charge in [-0.15, -0.1) is 11.3 Å². The Morgan fingerprint density at radius 2 is 2.00 bits per heavy atom. The molecule has 13 heavy (non-hydrogen) atoms. The monoisotopic (exact) mass is 196 g/mol. The smallest absolute Gasteiger partial charge is 0.178 e. The molecule has 1 aromatic heterocycles. The molecule has 0 saturated heterocycles. The van der Waals surface area contributed by atoms with Crippen molar-refractivity contribution < 1.29 is 4.79 Å². The lowest BCUT2D eigenvalue weighted by Gasteiger charge is -2.14. The summed E-state index contributed by atoms with van der Waals surface area (Å²) in [7, 11) is 0. The zero-order valence-electron chi connectivity index (χ0n) is 8.68. The first kappa shape index (κ1) is 10.5. The molecule has 0 fully saturated rings. The number of carbonyl (C=O) groups excluding carboxylic acids is 1. The van der Waals surface area contributed by atoms with E-state index in [0.717, 1.165) is 11.3 Å². The van der Waals surface area contributed by atoms with Crippen molar-refractivity contribution in [2.75, 3.05) is 0 Å². The molecule has 0 saturated carbocycles. The van der Waals surface area contributed by atoms with E-state index in [0.29, 0.717) is 0 Å². The predicted molar refractivity (Wildman–Crippen MR) is 57.5 cm³/mol. The lowest BCUT2D eigenvalue weighted by atomic mass is 9.90. The van der Waals surface area contributed by atoms with E-state index >= 15 is 0 Å². The van der Waals surface area contributed by atoms with Gasteiger partial charge in [0.05, 0.1) is 4.88 Å². The molecule has 0 amide bonds. The maximum absolute atomic E-state index is 11.8. The molecule has 0 atom stereocenters. The van der Waals surface area contributed by atoms with Gasteiger partial charge in [0.15, 0.2) is 5.78 Å². The Hall–Kier alpha value is -0.630. The van der Waals surface area contributed by atoms with Gasteiger partial charge in [-0.1, -0.05) is 27.7 Å². The SMILES string of the molecule is CCc1ccc(C(=O)C(C)(C)C)s1. The molecule has 1 rings (SSSR count). The van der Waals surface area contributed by atoms with E-state index in [9.17, 15) is 4.79 Å². The highest BCUT2D eigenvalue weighted by molar-refractivity contribution is 7.14. The summed E-state index contributed by atoms with van der Waals surface area (Å²) in [6, 6.07) is 3.99. The molecule has 1 aromatic rings. The van der Waals surface area contributed by atoms with Crippen molar-refractivity contribution >= 4 is 17.1 Å². The van der Waals surface area contributed by atoms with Crippen LogP contribution in [0.4, 0.5) is 0 Å². The predicted octanol–water partition coefficient (Wildman–Crippen LogP) is 3.54. The van der Waals surface area contributed by atoms with Crippen LogP contribution >= 0.6 is 11.3 Å². The number of rotatable bonds is 2. The standard InChI is InChI=1S/C11H16OS/c1-5-8-6-7-9(13-8)10(12)11(2,3)4/h6-7H,5H2,1-4H3. The molecule has 0 N–H and O–H groups in total.